The van der Waals surface area contributed by atoms with E-state index in [1.807, 2.05) is 0 Å². The Kier molecular flexibility index (Phi) is 10.4. The third-order valence-electron chi connectivity index (χ3n) is 14.2. The molecule has 1 atom stereocenters. The minimum Gasteiger partial charge on any atom is -0.334 e. The van der Waals surface area contributed by atoms with E-state index in [1.54, 1.807) is 0 Å². The van der Waals surface area contributed by atoms with Crippen LogP contribution in [-0.2, 0) is 0 Å². The van der Waals surface area contributed by atoms with Gasteiger partial charge in [0.15, 0.2) is 0 Å². The summed E-state index contributed by atoms with van der Waals surface area (Å²) in [6.07, 6.45) is 5.81. The van der Waals surface area contributed by atoms with Gasteiger partial charge in [0.25, 0.3) is 0 Å². The maximum Gasteiger partial charge on any atom is 0.0566 e. The van der Waals surface area contributed by atoms with Crippen LogP contribution < -0.4 is 15.3 Å². The maximum atomic E-state index is 2.54. The number of para-hydroxylation sites is 2. The van der Waals surface area contributed by atoms with Crippen molar-refractivity contribution in [3.8, 4) is 61.3 Å². The fourth-order valence-corrected chi connectivity index (χ4v) is 10.9. The van der Waals surface area contributed by atoms with Gasteiger partial charge < -0.3 is 9.47 Å². The van der Waals surface area contributed by atoms with Gasteiger partial charge in [-0.2, -0.15) is 0 Å². The summed E-state index contributed by atoms with van der Waals surface area (Å²) in [7, 11) is 0. The first kappa shape index (κ1) is 41.2. The zero-order valence-corrected chi connectivity index (χ0v) is 38.7. The lowest BCUT2D eigenvalue weighted by atomic mass is 9.93. The molecule has 1 aromatic heterocycles. The number of benzene rings is 11. The molecule has 0 saturated heterocycles. The third-order valence-corrected chi connectivity index (χ3v) is 14.2. The van der Waals surface area contributed by atoms with Crippen LogP contribution in [-0.4, -0.2) is 10.6 Å². The van der Waals surface area contributed by atoms with Crippen LogP contribution in [0.25, 0.3) is 106 Å². The molecule has 1 heterocycles. The summed E-state index contributed by atoms with van der Waals surface area (Å²) >= 11 is 0. The van der Waals surface area contributed by atoms with E-state index in [-0.39, 0.29) is 6.04 Å². The molecule has 70 heavy (non-hydrogen) atoms. The van der Waals surface area contributed by atoms with E-state index in [0.717, 1.165) is 23.5 Å². The molecule has 1 aliphatic carbocycles. The Morgan fingerprint density at radius 1 is 0.357 bits per heavy atom. The molecule has 0 aliphatic heterocycles. The minimum atomic E-state index is 0.0896. The molecule has 330 valence electrons. The van der Waals surface area contributed by atoms with Crippen molar-refractivity contribution in [3.05, 3.63) is 271 Å². The Morgan fingerprint density at radius 2 is 0.900 bits per heavy atom. The van der Waals surface area contributed by atoms with Crippen molar-refractivity contribution in [2.24, 2.45) is 0 Å². The van der Waals surface area contributed by atoms with Crippen LogP contribution >= 0.6 is 0 Å². The highest BCUT2D eigenvalue weighted by Crippen LogP contribution is 2.41. The van der Waals surface area contributed by atoms with Crippen LogP contribution in [0.4, 0.5) is 11.4 Å². The fraction of sp³-hybridized carbons (Fsp3) is 0.0294. The van der Waals surface area contributed by atoms with E-state index in [2.05, 4.69) is 282 Å². The monoisotopic (exact) mass is 892 g/mol. The molecule has 2 nitrogen and oxygen atoms in total. The summed E-state index contributed by atoms with van der Waals surface area (Å²) in [5.41, 5.74) is 17.9. The van der Waals surface area contributed by atoms with Gasteiger partial charge in [-0.05, 0) is 156 Å². The van der Waals surface area contributed by atoms with Crippen LogP contribution in [0, 0.1) is 0 Å². The van der Waals surface area contributed by atoms with Gasteiger partial charge in [0.05, 0.1) is 17.1 Å². The van der Waals surface area contributed by atoms with Crippen LogP contribution in [0.1, 0.15) is 6.42 Å². The number of anilines is 2. The topological polar surface area (TPSA) is 8.17 Å². The molecule has 1 aliphatic rings. The number of rotatable bonds is 9. The van der Waals surface area contributed by atoms with Crippen molar-refractivity contribution in [2.45, 2.75) is 12.5 Å². The Labute approximate surface area is 408 Å². The van der Waals surface area contributed by atoms with E-state index in [9.17, 15) is 0 Å². The number of aromatic nitrogens is 1. The average Bonchev–Trinajstić information content (AvgIpc) is 3.78. The Hall–Kier alpha value is -8.98. The molecule has 0 radical (unpaired) electrons. The van der Waals surface area contributed by atoms with E-state index < -0.39 is 0 Å². The first-order chi connectivity index (χ1) is 34.7. The van der Waals surface area contributed by atoms with E-state index in [0.29, 0.717) is 0 Å². The molecule has 12 aromatic rings. The summed E-state index contributed by atoms with van der Waals surface area (Å²) in [6.45, 7) is 0. The minimum absolute atomic E-state index is 0.0896. The normalized spacial score (nSPS) is 13.2. The highest BCUT2D eigenvalue weighted by atomic mass is 15.2. The van der Waals surface area contributed by atoms with Gasteiger partial charge in [0, 0.05) is 27.8 Å². The molecular weight excluding hydrogens is 845 g/mol. The van der Waals surface area contributed by atoms with Gasteiger partial charge in [0.2, 0.25) is 0 Å². The third kappa shape index (κ3) is 7.48. The Bertz CT molecular complexity index is 3960. The Balaban J connectivity index is 0.916. The predicted octanol–water partition coefficient (Wildman–Crippen LogP) is 16.4. The number of nitrogens with zero attached hydrogens (tertiary/aromatic N) is 2. The van der Waals surface area contributed by atoms with Crippen LogP contribution in [0.5, 0.6) is 0 Å². The van der Waals surface area contributed by atoms with Crippen molar-refractivity contribution < 1.29 is 0 Å². The summed E-state index contributed by atoms with van der Waals surface area (Å²) in [5, 5.41) is 7.69. The molecule has 0 N–H and O–H groups in total. The summed E-state index contributed by atoms with van der Waals surface area (Å²) in [5.74, 6) is 0. The average molecular weight is 893 g/mol. The lowest BCUT2D eigenvalue weighted by molar-refractivity contribution is 0.838. The largest absolute Gasteiger partial charge is 0.334 e. The fourth-order valence-electron chi connectivity index (χ4n) is 10.9. The highest BCUT2D eigenvalue weighted by Gasteiger charge is 2.22. The molecular formula is C68H48N2. The maximum absolute atomic E-state index is 2.54. The lowest BCUT2D eigenvalue weighted by Gasteiger charge is -2.33. The number of hydrogen-bond acceptors (Lipinski definition) is 1. The van der Waals surface area contributed by atoms with Gasteiger partial charge in [-0.1, -0.05) is 200 Å². The summed E-state index contributed by atoms with van der Waals surface area (Å²) in [4.78, 5) is 2.54. The van der Waals surface area contributed by atoms with Crippen molar-refractivity contribution in [1.29, 1.82) is 0 Å². The molecule has 2 heteroatoms. The first-order valence-electron chi connectivity index (χ1n) is 24.3. The van der Waals surface area contributed by atoms with Gasteiger partial charge in [-0.25, -0.2) is 0 Å². The van der Waals surface area contributed by atoms with Crippen molar-refractivity contribution in [3.63, 3.8) is 0 Å². The Morgan fingerprint density at radius 3 is 1.63 bits per heavy atom. The first-order valence-corrected chi connectivity index (χ1v) is 24.3. The van der Waals surface area contributed by atoms with Gasteiger partial charge >= 0.3 is 0 Å². The molecule has 1 unspecified atom stereocenters. The van der Waals surface area contributed by atoms with E-state index in [4.69, 9.17) is 0 Å². The highest BCUT2D eigenvalue weighted by molar-refractivity contribution is 6.16. The van der Waals surface area contributed by atoms with Crippen molar-refractivity contribution >= 4 is 56.1 Å². The standard InChI is InChI=1S/C68H48N2/c1-4-17-47(18-5-1)55-42-56(48-19-6-2-7-20-48)44-57(43-55)49-35-37-59(38-36-49)69(61-39-40-63-54(46-61)34-33-50-21-10-11-28-62(50)63)60-27-15-23-52(45-60)51-22-14-24-53(41-51)64-30-16-32-67-68(64)65-29-12-13-31-66(65)70(67)58-25-8-3-9-26-58/h1-38,40-46,61H,39H2. The molecule has 0 bridgehead atoms. The molecule has 0 fully saturated rings. The van der Waals surface area contributed by atoms with Crippen LogP contribution in [0.15, 0.2) is 261 Å². The molecule has 0 amide bonds. The van der Waals surface area contributed by atoms with Crippen LogP contribution in [0.2, 0.25) is 0 Å². The van der Waals surface area contributed by atoms with Crippen molar-refractivity contribution in [1.82, 2.24) is 4.57 Å². The smallest absolute Gasteiger partial charge is 0.0566 e. The summed E-state index contributed by atoms with van der Waals surface area (Å²) in [6, 6.07) is 95.5. The van der Waals surface area contributed by atoms with Crippen molar-refractivity contribution in [2.75, 3.05) is 4.90 Å². The second-order valence-corrected chi connectivity index (χ2v) is 18.4. The van der Waals surface area contributed by atoms with Crippen LogP contribution in [0.3, 0.4) is 0 Å². The van der Waals surface area contributed by atoms with E-state index >= 15 is 0 Å². The van der Waals surface area contributed by atoms with Gasteiger partial charge in [0.1, 0.15) is 0 Å². The quantitative estimate of drug-likeness (QED) is 0.140. The SMILES string of the molecule is C1=c2ccc3ccccc3c2=CCC1N(c1ccc(-c2cc(-c3ccccc3)cc(-c3ccccc3)c2)cc1)c1cccc(-c2cccc(-c3cccc4c3c3ccccc3n4-c3ccccc3)c2)c1. The zero-order chi connectivity index (χ0) is 46.4. The number of hydrogen-bond donors (Lipinski definition) is 0. The second kappa shape index (κ2) is 17.6. The van der Waals surface area contributed by atoms with Gasteiger partial charge in [-0.15, -0.1) is 0 Å². The van der Waals surface area contributed by atoms with E-state index in [1.165, 1.54) is 98.7 Å². The zero-order valence-electron chi connectivity index (χ0n) is 38.7. The molecule has 13 rings (SSSR count). The predicted molar refractivity (Wildman–Crippen MR) is 297 cm³/mol. The lowest BCUT2D eigenvalue weighted by Crippen LogP contribution is -2.38. The molecule has 0 saturated carbocycles. The molecule has 0 spiro atoms. The van der Waals surface area contributed by atoms with Gasteiger partial charge in [-0.3, -0.25) is 0 Å². The summed E-state index contributed by atoms with van der Waals surface area (Å²) < 4.78 is 2.40. The second-order valence-electron chi connectivity index (χ2n) is 18.4. The number of fused-ring (bicyclic) bond motifs is 6. The molecule has 11 aromatic carbocycles.